The van der Waals surface area contributed by atoms with Crippen molar-refractivity contribution in [1.29, 1.82) is 0 Å². The van der Waals surface area contributed by atoms with E-state index in [0.29, 0.717) is 22.6 Å². The van der Waals surface area contributed by atoms with Crippen molar-refractivity contribution in [2.45, 2.75) is 13.5 Å². The Hall–Kier alpha value is -4.23. The number of nitrogen functional groups attached to an aromatic ring is 1. The molecule has 0 saturated heterocycles. The van der Waals surface area contributed by atoms with Crippen LogP contribution in [0.15, 0.2) is 52.3 Å². The van der Waals surface area contributed by atoms with Crippen molar-refractivity contribution in [3.05, 3.63) is 47.7 Å². The van der Waals surface area contributed by atoms with Crippen LogP contribution in [0.1, 0.15) is 6.92 Å². The molecule has 2 heterocycles. The van der Waals surface area contributed by atoms with Crippen LogP contribution in [0.25, 0.3) is 22.6 Å². The van der Waals surface area contributed by atoms with Crippen LogP contribution in [0.3, 0.4) is 0 Å². The minimum Gasteiger partial charge on any atom is -0.379 e. The van der Waals surface area contributed by atoms with Gasteiger partial charge in [0, 0.05) is 5.70 Å². The molecule has 0 aliphatic carbocycles. The number of nitrogens with one attached hydrogen (secondary N) is 1. The number of fused-ring (bicyclic) bond motifs is 1. The first-order chi connectivity index (χ1) is 14.4. The van der Waals surface area contributed by atoms with Crippen molar-refractivity contribution < 1.29 is 14.2 Å². The topological polar surface area (TPSA) is 155 Å². The van der Waals surface area contributed by atoms with E-state index in [-0.39, 0.29) is 41.9 Å². The average molecular weight is 405 g/mol. The molecular weight excluding hydrogens is 386 g/mol. The van der Waals surface area contributed by atoms with Crippen LogP contribution in [0, 0.1) is 12.3 Å². The zero-order chi connectivity index (χ0) is 21.7. The average Bonchev–Trinajstić information content (AvgIpc) is 3.31. The van der Waals surface area contributed by atoms with E-state index in [1.807, 2.05) is 18.2 Å². The second-order valence-electron chi connectivity index (χ2n) is 6.26. The maximum absolute atomic E-state index is 12.9. The molecule has 3 rings (SSSR count). The Kier molecular flexibility index (Phi) is 6.05. The highest BCUT2D eigenvalue weighted by atomic mass is 16.6. The van der Waals surface area contributed by atoms with Gasteiger partial charge in [-0.1, -0.05) is 18.1 Å². The van der Waals surface area contributed by atoms with Crippen molar-refractivity contribution in [3.63, 3.8) is 0 Å². The van der Waals surface area contributed by atoms with E-state index in [1.54, 1.807) is 17.6 Å². The molecule has 0 fully saturated rings. The van der Waals surface area contributed by atoms with Crippen LogP contribution < -0.4 is 16.8 Å². The second-order valence-corrected chi connectivity index (χ2v) is 6.26. The summed E-state index contributed by atoms with van der Waals surface area (Å²) in [6, 6.07) is 7.26. The van der Waals surface area contributed by atoms with Gasteiger partial charge in [0.25, 0.3) is 0 Å². The Morgan fingerprint density at radius 3 is 2.73 bits per heavy atom. The van der Waals surface area contributed by atoms with E-state index in [2.05, 4.69) is 31.2 Å². The summed E-state index contributed by atoms with van der Waals surface area (Å²) in [7, 11) is 0. The smallest absolute Gasteiger partial charge is 0.237 e. The van der Waals surface area contributed by atoms with Crippen molar-refractivity contribution in [3.8, 4) is 23.9 Å². The number of ketones is 1. The summed E-state index contributed by atoms with van der Waals surface area (Å²) in [6.45, 7) is 1.40. The number of aromatic nitrogens is 4. The molecule has 2 aromatic heterocycles. The number of nitrogens with two attached hydrogens (primary N) is 2. The number of benzene rings is 1. The number of para-hydroxylation sites is 2. The molecule has 0 atom stereocenters. The number of hydrogen-bond acceptors (Lipinski definition) is 8. The lowest BCUT2D eigenvalue weighted by Gasteiger charge is -2.07. The van der Waals surface area contributed by atoms with E-state index in [9.17, 15) is 9.59 Å². The van der Waals surface area contributed by atoms with Crippen molar-refractivity contribution in [1.82, 2.24) is 25.2 Å². The minimum absolute atomic E-state index is 0.0564. The number of Topliss-reactive ketones (excluding diaryl/α,β-unsaturated/α-hetero) is 1. The Labute approximate surface area is 171 Å². The lowest BCUT2D eigenvalue weighted by molar-refractivity contribution is -0.119. The Morgan fingerprint density at radius 1 is 1.30 bits per heavy atom. The first kappa shape index (κ1) is 20.5. The van der Waals surface area contributed by atoms with Gasteiger partial charge in [0.05, 0.1) is 29.7 Å². The molecule has 30 heavy (non-hydrogen) atoms. The van der Waals surface area contributed by atoms with E-state index in [4.69, 9.17) is 17.9 Å². The summed E-state index contributed by atoms with van der Waals surface area (Å²) in [5.41, 5.74) is 13.3. The highest BCUT2D eigenvalue weighted by molar-refractivity contribution is 6.00. The normalized spacial score (nSPS) is 12.0. The fourth-order valence-electron chi connectivity index (χ4n) is 2.74. The summed E-state index contributed by atoms with van der Waals surface area (Å²) < 4.78 is 6.32. The summed E-state index contributed by atoms with van der Waals surface area (Å²) in [6.07, 6.45) is 8.52. The van der Waals surface area contributed by atoms with Crippen LogP contribution in [0.4, 0.5) is 5.82 Å². The highest BCUT2D eigenvalue weighted by Crippen LogP contribution is 2.26. The molecule has 0 unspecified atom stereocenters. The summed E-state index contributed by atoms with van der Waals surface area (Å²) in [4.78, 5) is 28.7. The molecule has 0 bridgehead atoms. The highest BCUT2D eigenvalue weighted by Gasteiger charge is 2.21. The van der Waals surface area contributed by atoms with Gasteiger partial charge in [0.1, 0.15) is 0 Å². The quantitative estimate of drug-likeness (QED) is 0.296. The van der Waals surface area contributed by atoms with Gasteiger partial charge >= 0.3 is 0 Å². The lowest BCUT2D eigenvalue weighted by Crippen LogP contribution is -2.28. The third-order valence-corrected chi connectivity index (χ3v) is 4.16. The number of hydrogen-bond donors (Lipinski definition) is 3. The Morgan fingerprint density at radius 2 is 2.07 bits per heavy atom. The minimum atomic E-state index is -0.348. The molecule has 10 heteroatoms. The summed E-state index contributed by atoms with van der Waals surface area (Å²) >= 11 is 0. The fraction of sp³-hybridized carbons (Fsp3) is 0.150. The van der Waals surface area contributed by atoms with Gasteiger partial charge in [-0.2, -0.15) is 0 Å². The van der Waals surface area contributed by atoms with Crippen molar-refractivity contribution in [2.24, 2.45) is 5.73 Å². The first-order valence-corrected chi connectivity index (χ1v) is 8.86. The number of carbonyl (C=O) groups excluding carboxylic acids is 2. The molecule has 0 saturated carbocycles. The van der Waals surface area contributed by atoms with Gasteiger partial charge in [-0.25, -0.2) is 9.61 Å². The molecule has 0 radical (unpaired) electrons. The van der Waals surface area contributed by atoms with Crippen LogP contribution in [-0.4, -0.2) is 38.1 Å². The summed E-state index contributed by atoms with van der Waals surface area (Å²) in [5, 5.41) is 9.93. The molecule has 3 aromatic rings. The maximum Gasteiger partial charge on any atom is 0.237 e. The molecule has 5 N–H and O–H groups in total. The van der Waals surface area contributed by atoms with Gasteiger partial charge in [0.2, 0.25) is 5.91 Å². The third-order valence-electron chi connectivity index (χ3n) is 4.16. The second kappa shape index (κ2) is 8.85. The van der Waals surface area contributed by atoms with Crippen molar-refractivity contribution in [2.75, 3.05) is 12.3 Å². The Bertz CT molecular complexity index is 1210. The molecule has 0 spiro atoms. The summed E-state index contributed by atoms with van der Waals surface area (Å²) in [5.74, 6) is 2.08. The predicted molar refractivity (Wildman–Crippen MR) is 110 cm³/mol. The number of amides is 1. The number of allylic oxidation sites excluding steroid dienone is 4. The third kappa shape index (κ3) is 4.26. The number of terminal acetylenes is 1. The zero-order valence-corrected chi connectivity index (χ0v) is 16.1. The number of anilines is 1. The van der Waals surface area contributed by atoms with Crippen molar-refractivity contribution >= 4 is 28.5 Å². The van der Waals surface area contributed by atoms with Crippen LogP contribution >= 0.6 is 0 Å². The largest absolute Gasteiger partial charge is 0.379 e. The SMILES string of the molecule is C#C/C(=C\C=C(/C)NC(=O)CN)C(=O)Cn1c(-c2nonc2N)nc2ccccc21. The standard InChI is InChI=1S/C20H19N7O3/c1-3-13(9-8-12(2)23-17(29)10-21)16(28)11-27-15-7-5-4-6-14(15)24-20(27)18-19(22)26-30-25-18/h1,4-9H,10-11,21H2,2H3,(H2,22,26)(H,23,29)/b12-8+,13-9+. The predicted octanol–water partition coefficient (Wildman–Crippen LogP) is 0.776. The molecule has 0 aliphatic heterocycles. The van der Waals surface area contributed by atoms with E-state index in [0.717, 1.165) is 0 Å². The number of carbonyl (C=O) groups is 2. The molecule has 1 amide bonds. The van der Waals surface area contributed by atoms with E-state index in [1.165, 1.54) is 12.2 Å². The molecule has 10 nitrogen and oxygen atoms in total. The number of nitrogens with zero attached hydrogens (tertiary/aromatic N) is 4. The monoisotopic (exact) mass is 405 g/mol. The molecule has 152 valence electrons. The van der Waals surface area contributed by atoms with E-state index < -0.39 is 0 Å². The number of rotatable bonds is 7. The van der Waals surface area contributed by atoms with Gasteiger partial charge in [-0.05, 0) is 41.5 Å². The number of imidazole rings is 1. The van der Waals surface area contributed by atoms with E-state index >= 15 is 0 Å². The molecule has 0 aliphatic rings. The van der Waals surface area contributed by atoms with Crippen LogP contribution in [0.2, 0.25) is 0 Å². The zero-order valence-electron chi connectivity index (χ0n) is 16.1. The van der Waals surface area contributed by atoms with Gasteiger partial charge < -0.3 is 21.4 Å². The first-order valence-electron chi connectivity index (χ1n) is 8.86. The Balaban J connectivity index is 1.95. The van der Waals surface area contributed by atoms with Crippen LogP contribution in [-0.2, 0) is 16.1 Å². The van der Waals surface area contributed by atoms with Crippen LogP contribution in [0.5, 0.6) is 0 Å². The lowest BCUT2D eigenvalue weighted by atomic mass is 10.1. The van der Waals surface area contributed by atoms with Gasteiger partial charge in [-0.15, -0.1) is 6.42 Å². The molecular formula is C20H19N7O3. The fourth-order valence-corrected chi connectivity index (χ4v) is 2.74. The van der Waals surface area contributed by atoms with Gasteiger partial charge in [-0.3, -0.25) is 9.59 Å². The van der Waals surface area contributed by atoms with Gasteiger partial charge in [0.15, 0.2) is 23.1 Å². The maximum atomic E-state index is 12.9. The molecule has 1 aromatic carbocycles.